The molecule has 0 saturated heterocycles. The number of hydrogen-bond donors (Lipinski definition) is 2. The van der Waals surface area contributed by atoms with E-state index in [-0.39, 0.29) is 35.0 Å². The van der Waals surface area contributed by atoms with Gasteiger partial charge in [0, 0.05) is 18.4 Å². The summed E-state index contributed by atoms with van der Waals surface area (Å²) >= 11 is 0. The quantitative estimate of drug-likeness (QED) is 0.567. The zero-order valence-corrected chi connectivity index (χ0v) is 15.4. The molecule has 2 fully saturated rings. The second kappa shape index (κ2) is 5.55. The molecule has 4 nitrogen and oxygen atoms in total. The Kier molecular flexibility index (Phi) is 3.79. The van der Waals surface area contributed by atoms with E-state index >= 15 is 0 Å². The van der Waals surface area contributed by atoms with Gasteiger partial charge in [-0.1, -0.05) is 49.3 Å². The van der Waals surface area contributed by atoms with Crippen molar-refractivity contribution in [2.24, 2.45) is 28.4 Å². The highest BCUT2D eigenvalue weighted by atomic mass is 16.5. The lowest BCUT2D eigenvalue weighted by atomic mass is 9.52. The zero-order valence-electron chi connectivity index (χ0n) is 15.4. The summed E-state index contributed by atoms with van der Waals surface area (Å²) in [5, 5.41) is 9.99. The van der Waals surface area contributed by atoms with Gasteiger partial charge in [0.2, 0.25) is 0 Å². The number of aliphatic hydroxyl groups is 1. The normalized spacial score (nSPS) is 48.0. The van der Waals surface area contributed by atoms with Crippen LogP contribution in [0.15, 0.2) is 35.5 Å². The number of esters is 1. The molecule has 0 unspecified atom stereocenters. The van der Waals surface area contributed by atoms with E-state index in [1.807, 2.05) is 6.08 Å². The van der Waals surface area contributed by atoms with Gasteiger partial charge >= 0.3 is 5.97 Å². The molecule has 0 aromatic carbocycles. The van der Waals surface area contributed by atoms with E-state index < -0.39 is 0 Å². The first-order valence-corrected chi connectivity index (χ1v) is 9.47. The Bertz CT molecular complexity index is 693. The molecule has 0 aromatic rings. The summed E-state index contributed by atoms with van der Waals surface area (Å²) in [6.45, 7) is 6.04. The summed E-state index contributed by atoms with van der Waals surface area (Å²) in [6.07, 6.45) is 11.8. The summed E-state index contributed by atoms with van der Waals surface area (Å²) in [5.41, 5.74) is 9.33. The third kappa shape index (κ3) is 2.37. The highest BCUT2D eigenvalue weighted by molar-refractivity contribution is 5.66. The minimum Gasteiger partial charge on any atom is -0.461 e. The highest BCUT2D eigenvalue weighted by Gasteiger charge is 2.58. The van der Waals surface area contributed by atoms with Gasteiger partial charge in [0.15, 0.2) is 0 Å². The minimum atomic E-state index is -0.364. The molecule has 25 heavy (non-hydrogen) atoms. The predicted octanol–water partition coefficient (Wildman–Crippen LogP) is 2.88. The number of ether oxygens (including phenoxy) is 1. The summed E-state index contributed by atoms with van der Waals surface area (Å²) in [7, 11) is 0. The molecule has 0 spiro atoms. The molecule has 0 heterocycles. The standard InChI is InChI=1S/C21H29NO3/c1-12(23)25-18-11-17-15-5-4-13-10-14(24)6-8-20(13,2)16(15)7-9-21(17,3)19(18)22/h4-6,8,14,16-19,24H,7,9-11,22H2,1-3H3/t14-,16-,17-,18+,19-,20-,21-/m0/s1. The number of carbonyl (C=O) groups is 1. The first kappa shape index (κ1) is 17.0. The largest absolute Gasteiger partial charge is 0.461 e. The molecule has 7 atom stereocenters. The number of fused-ring (bicyclic) bond motifs is 5. The van der Waals surface area contributed by atoms with Crippen LogP contribution in [0.25, 0.3) is 0 Å². The van der Waals surface area contributed by atoms with Crippen molar-refractivity contribution in [2.45, 2.75) is 64.7 Å². The summed E-state index contributed by atoms with van der Waals surface area (Å²) in [6, 6.07) is -0.106. The smallest absolute Gasteiger partial charge is 0.302 e. The maximum absolute atomic E-state index is 11.5. The van der Waals surface area contributed by atoms with Crippen LogP contribution >= 0.6 is 0 Å². The monoisotopic (exact) mass is 343 g/mol. The molecule has 0 radical (unpaired) electrons. The molecule has 0 amide bonds. The van der Waals surface area contributed by atoms with Crippen LogP contribution in [0.3, 0.4) is 0 Å². The zero-order chi connectivity index (χ0) is 18.0. The van der Waals surface area contributed by atoms with E-state index in [1.54, 1.807) is 0 Å². The molecule has 3 N–H and O–H groups in total. The van der Waals surface area contributed by atoms with Crippen molar-refractivity contribution >= 4 is 5.97 Å². The number of hydrogen-bond acceptors (Lipinski definition) is 4. The summed E-state index contributed by atoms with van der Waals surface area (Å²) in [5.74, 6) is 0.577. The molecule has 4 aliphatic rings. The van der Waals surface area contributed by atoms with Crippen molar-refractivity contribution in [3.63, 3.8) is 0 Å². The van der Waals surface area contributed by atoms with E-state index in [2.05, 4.69) is 32.1 Å². The first-order chi connectivity index (χ1) is 11.8. The predicted molar refractivity (Wildman–Crippen MR) is 96.5 cm³/mol. The lowest BCUT2D eigenvalue weighted by molar-refractivity contribution is -0.147. The van der Waals surface area contributed by atoms with E-state index in [0.29, 0.717) is 11.8 Å². The van der Waals surface area contributed by atoms with E-state index in [1.165, 1.54) is 18.1 Å². The number of rotatable bonds is 1. The fourth-order valence-corrected chi connectivity index (χ4v) is 5.96. The molecule has 0 bridgehead atoms. The van der Waals surface area contributed by atoms with Crippen LogP contribution in [-0.4, -0.2) is 29.3 Å². The summed E-state index contributed by atoms with van der Waals surface area (Å²) in [4.78, 5) is 11.5. The summed E-state index contributed by atoms with van der Waals surface area (Å²) < 4.78 is 5.55. The van der Waals surface area contributed by atoms with Crippen molar-refractivity contribution in [1.82, 2.24) is 0 Å². The van der Waals surface area contributed by atoms with E-state index in [0.717, 1.165) is 25.7 Å². The van der Waals surface area contributed by atoms with Gasteiger partial charge in [0.05, 0.1) is 6.10 Å². The molecule has 4 rings (SSSR count). The number of nitrogens with two attached hydrogens (primary N) is 1. The van der Waals surface area contributed by atoms with Gasteiger partial charge in [0.25, 0.3) is 0 Å². The Labute approximate surface area is 149 Å². The fourth-order valence-electron chi connectivity index (χ4n) is 5.96. The fraction of sp³-hybridized carbons (Fsp3) is 0.667. The highest BCUT2D eigenvalue weighted by Crippen LogP contribution is 2.62. The Morgan fingerprint density at radius 3 is 2.80 bits per heavy atom. The second-order valence-corrected chi connectivity index (χ2v) is 8.83. The van der Waals surface area contributed by atoms with Crippen molar-refractivity contribution < 1.29 is 14.6 Å². The van der Waals surface area contributed by atoms with Crippen molar-refractivity contribution in [3.8, 4) is 0 Å². The van der Waals surface area contributed by atoms with Gasteiger partial charge in [0.1, 0.15) is 6.10 Å². The second-order valence-electron chi connectivity index (χ2n) is 8.83. The van der Waals surface area contributed by atoms with Crippen LogP contribution in [-0.2, 0) is 9.53 Å². The van der Waals surface area contributed by atoms with Crippen LogP contribution in [0.1, 0.15) is 46.5 Å². The van der Waals surface area contributed by atoms with Gasteiger partial charge in [-0.25, -0.2) is 0 Å². The Morgan fingerprint density at radius 1 is 1.32 bits per heavy atom. The van der Waals surface area contributed by atoms with Gasteiger partial charge in [-0.15, -0.1) is 0 Å². The molecule has 0 aromatic heterocycles. The third-order valence-electron chi connectivity index (χ3n) is 7.51. The van der Waals surface area contributed by atoms with Gasteiger partial charge in [-0.05, 0) is 42.9 Å². The van der Waals surface area contributed by atoms with Gasteiger partial charge in [-0.2, -0.15) is 0 Å². The molecule has 136 valence electrons. The first-order valence-electron chi connectivity index (χ1n) is 9.47. The SMILES string of the molecule is CC(=O)O[C@@H]1C[C@H]2C3=CC=C4C[C@@H](O)C=C[C@]4(C)[C@H]3CC[C@]2(C)[C@H]1N. The van der Waals surface area contributed by atoms with Crippen molar-refractivity contribution in [3.05, 3.63) is 35.5 Å². The van der Waals surface area contributed by atoms with Crippen LogP contribution in [0.5, 0.6) is 0 Å². The van der Waals surface area contributed by atoms with Crippen LogP contribution in [0.2, 0.25) is 0 Å². The molecule has 0 aliphatic heterocycles. The third-order valence-corrected chi connectivity index (χ3v) is 7.51. The lowest BCUT2D eigenvalue weighted by Crippen LogP contribution is -2.49. The Morgan fingerprint density at radius 2 is 2.08 bits per heavy atom. The molecule has 2 saturated carbocycles. The van der Waals surface area contributed by atoms with Gasteiger partial charge < -0.3 is 15.6 Å². The lowest BCUT2D eigenvalue weighted by Gasteiger charge is -2.52. The number of aliphatic hydroxyl groups excluding tert-OH is 1. The van der Waals surface area contributed by atoms with E-state index in [4.69, 9.17) is 10.5 Å². The maximum atomic E-state index is 11.5. The van der Waals surface area contributed by atoms with Crippen molar-refractivity contribution in [1.29, 1.82) is 0 Å². The number of allylic oxidation sites excluding steroid dienone is 4. The molecular formula is C21H29NO3. The Hall–Kier alpha value is -1.39. The maximum Gasteiger partial charge on any atom is 0.302 e. The van der Waals surface area contributed by atoms with Crippen LogP contribution in [0, 0.1) is 22.7 Å². The van der Waals surface area contributed by atoms with Gasteiger partial charge in [-0.3, -0.25) is 4.79 Å². The van der Waals surface area contributed by atoms with Crippen molar-refractivity contribution in [2.75, 3.05) is 0 Å². The Balaban J connectivity index is 1.71. The van der Waals surface area contributed by atoms with Crippen LogP contribution in [0.4, 0.5) is 0 Å². The van der Waals surface area contributed by atoms with Crippen LogP contribution < -0.4 is 5.73 Å². The average Bonchev–Trinajstić information content (AvgIpc) is 2.79. The minimum absolute atomic E-state index is 0.00570. The van der Waals surface area contributed by atoms with E-state index in [9.17, 15) is 9.90 Å². The molecule has 4 aliphatic carbocycles. The molecular weight excluding hydrogens is 314 g/mol. The average molecular weight is 343 g/mol. The molecule has 4 heteroatoms. The topological polar surface area (TPSA) is 72.5 Å². The number of carbonyl (C=O) groups excluding carboxylic acids is 1.